The van der Waals surface area contributed by atoms with Gasteiger partial charge in [-0.1, -0.05) is 154 Å². The average Bonchev–Trinajstić information content (AvgIpc) is 3.65. The molecule has 0 bridgehead atoms. The number of benzene rings is 6. The summed E-state index contributed by atoms with van der Waals surface area (Å²) in [6.45, 7) is 7.29. The standard InChI is InChI=1S/C43H34/c1-26(2)43(3)39-24-27(41-35-16-8-4-12-29(35)30-13-5-9-17-36(30)41)20-22-33(39)34-23-21-28(25-40(34)43)42-37-18-10-6-14-31(37)32-15-7-11-19-38(32)42/h4-26,41-42H,1-3H3. The molecule has 0 saturated carbocycles. The molecule has 0 aromatic heterocycles. The van der Waals surface area contributed by atoms with Crippen molar-refractivity contribution in [3.63, 3.8) is 0 Å². The lowest BCUT2D eigenvalue weighted by Gasteiger charge is -2.33. The molecule has 43 heavy (non-hydrogen) atoms. The Morgan fingerprint density at radius 2 is 0.744 bits per heavy atom. The second kappa shape index (κ2) is 8.91. The first-order chi connectivity index (χ1) is 21.1. The third-order valence-electron chi connectivity index (χ3n) is 11.0. The highest BCUT2D eigenvalue weighted by molar-refractivity contribution is 5.86. The van der Waals surface area contributed by atoms with E-state index in [0.29, 0.717) is 5.92 Å². The summed E-state index contributed by atoms with van der Waals surface area (Å²) in [6, 6.07) is 50.7. The molecular formula is C43H34. The minimum atomic E-state index is -0.0774. The molecule has 3 aliphatic rings. The lowest BCUT2D eigenvalue weighted by atomic mass is 9.70. The van der Waals surface area contributed by atoms with E-state index in [1.54, 1.807) is 0 Å². The SMILES string of the molecule is CC(C)C1(C)c2cc(C3c4ccccc4-c4ccccc43)ccc2-c2ccc(C3c4ccccc4-c4ccccc43)cc21. The van der Waals surface area contributed by atoms with Crippen molar-refractivity contribution in [1.29, 1.82) is 0 Å². The van der Waals surface area contributed by atoms with Gasteiger partial charge in [-0.3, -0.25) is 0 Å². The molecule has 0 fully saturated rings. The van der Waals surface area contributed by atoms with Crippen LogP contribution in [0, 0.1) is 5.92 Å². The van der Waals surface area contributed by atoms with Crippen LogP contribution in [0.4, 0.5) is 0 Å². The van der Waals surface area contributed by atoms with E-state index in [2.05, 4.69) is 154 Å². The molecule has 3 aliphatic carbocycles. The van der Waals surface area contributed by atoms with Crippen LogP contribution in [0.15, 0.2) is 133 Å². The van der Waals surface area contributed by atoms with Crippen molar-refractivity contribution in [2.24, 2.45) is 5.92 Å². The van der Waals surface area contributed by atoms with Crippen molar-refractivity contribution in [3.05, 3.63) is 178 Å². The van der Waals surface area contributed by atoms with Crippen LogP contribution in [0.25, 0.3) is 33.4 Å². The number of hydrogen-bond donors (Lipinski definition) is 0. The van der Waals surface area contributed by atoms with Crippen molar-refractivity contribution in [1.82, 2.24) is 0 Å². The maximum Gasteiger partial charge on any atom is 0.0352 e. The fourth-order valence-electron chi connectivity index (χ4n) is 8.61. The van der Waals surface area contributed by atoms with Gasteiger partial charge in [0.2, 0.25) is 0 Å². The van der Waals surface area contributed by atoms with E-state index in [1.807, 2.05) is 0 Å². The molecule has 0 radical (unpaired) electrons. The van der Waals surface area contributed by atoms with Crippen molar-refractivity contribution in [3.8, 4) is 33.4 Å². The van der Waals surface area contributed by atoms with Gasteiger partial charge in [-0.25, -0.2) is 0 Å². The fraction of sp³-hybridized carbons (Fsp3) is 0.163. The van der Waals surface area contributed by atoms with Gasteiger partial charge in [-0.05, 0) is 83.8 Å². The number of hydrogen-bond acceptors (Lipinski definition) is 0. The van der Waals surface area contributed by atoms with Gasteiger partial charge in [0.1, 0.15) is 0 Å². The Morgan fingerprint density at radius 3 is 1.07 bits per heavy atom. The fourth-order valence-corrected chi connectivity index (χ4v) is 8.61. The van der Waals surface area contributed by atoms with Gasteiger partial charge < -0.3 is 0 Å². The maximum absolute atomic E-state index is 2.55. The third-order valence-corrected chi connectivity index (χ3v) is 11.0. The Bertz CT molecular complexity index is 1850. The summed E-state index contributed by atoms with van der Waals surface area (Å²) in [5, 5.41) is 0. The smallest absolute Gasteiger partial charge is 0.0352 e. The summed E-state index contributed by atoms with van der Waals surface area (Å²) in [7, 11) is 0. The average molecular weight is 551 g/mol. The predicted octanol–water partition coefficient (Wildman–Crippen LogP) is 11.0. The molecule has 0 heteroatoms. The lowest BCUT2D eigenvalue weighted by Crippen LogP contribution is -2.28. The minimum Gasteiger partial charge on any atom is -0.0619 e. The van der Waals surface area contributed by atoms with Crippen molar-refractivity contribution in [2.45, 2.75) is 38.0 Å². The first-order valence-corrected chi connectivity index (χ1v) is 15.7. The normalized spacial score (nSPS) is 15.5. The molecule has 0 heterocycles. The first-order valence-electron chi connectivity index (χ1n) is 15.7. The Morgan fingerprint density at radius 1 is 0.419 bits per heavy atom. The van der Waals surface area contributed by atoms with Gasteiger partial charge in [0, 0.05) is 17.3 Å². The maximum atomic E-state index is 2.55. The van der Waals surface area contributed by atoms with Gasteiger partial charge in [0.15, 0.2) is 0 Å². The van der Waals surface area contributed by atoms with E-state index >= 15 is 0 Å². The van der Waals surface area contributed by atoms with Crippen LogP contribution in [0.5, 0.6) is 0 Å². The number of rotatable bonds is 3. The van der Waals surface area contributed by atoms with Crippen LogP contribution in [-0.2, 0) is 5.41 Å². The predicted molar refractivity (Wildman–Crippen MR) is 179 cm³/mol. The van der Waals surface area contributed by atoms with E-state index in [9.17, 15) is 0 Å². The topological polar surface area (TPSA) is 0 Å². The highest BCUT2D eigenvalue weighted by Gasteiger charge is 2.43. The first kappa shape index (κ1) is 24.9. The molecule has 0 spiro atoms. The monoisotopic (exact) mass is 550 g/mol. The molecule has 0 unspecified atom stereocenters. The molecule has 0 saturated heterocycles. The van der Waals surface area contributed by atoms with Crippen LogP contribution < -0.4 is 0 Å². The number of fused-ring (bicyclic) bond motifs is 9. The van der Waals surface area contributed by atoms with Gasteiger partial charge >= 0.3 is 0 Å². The molecular weight excluding hydrogens is 516 g/mol. The highest BCUT2D eigenvalue weighted by Crippen LogP contribution is 2.56. The summed E-state index contributed by atoms with van der Waals surface area (Å²) in [5.74, 6) is 0.976. The van der Waals surface area contributed by atoms with Crippen LogP contribution in [0.2, 0.25) is 0 Å². The second-order valence-corrected chi connectivity index (χ2v) is 13.2. The molecule has 9 rings (SSSR count). The second-order valence-electron chi connectivity index (χ2n) is 13.2. The molecule has 6 aromatic rings. The Labute approximate surface area is 254 Å². The molecule has 0 nitrogen and oxygen atoms in total. The summed E-state index contributed by atoms with van der Waals surface area (Å²) in [4.78, 5) is 0. The van der Waals surface area contributed by atoms with Crippen molar-refractivity contribution in [2.75, 3.05) is 0 Å². The molecule has 0 aliphatic heterocycles. The summed E-state index contributed by atoms with van der Waals surface area (Å²) >= 11 is 0. The Kier molecular flexibility index (Phi) is 5.16. The largest absolute Gasteiger partial charge is 0.0619 e. The molecule has 0 N–H and O–H groups in total. The van der Waals surface area contributed by atoms with E-state index in [-0.39, 0.29) is 17.3 Å². The third kappa shape index (κ3) is 3.27. The van der Waals surface area contributed by atoms with E-state index in [1.165, 1.54) is 77.9 Å². The van der Waals surface area contributed by atoms with Gasteiger partial charge in [-0.15, -0.1) is 0 Å². The highest BCUT2D eigenvalue weighted by atomic mass is 14.5. The lowest BCUT2D eigenvalue weighted by molar-refractivity contribution is 0.414. The van der Waals surface area contributed by atoms with Crippen molar-refractivity contribution < 1.29 is 0 Å². The zero-order chi connectivity index (χ0) is 28.9. The zero-order valence-corrected chi connectivity index (χ0v) is 24.9. The van der Waals surface area contributed by atoms with Crippen LogP contribution >= 0.6 is 0 Å². The molecule has 0 amide bonds. The minimum absolute atomic E-state index is 0.0774. The van der Waals surface area contributed by atoms with Gasteiger partial charge in [0.25, 0.3) is 0 Å². The quantitative estimate of drug-likeness (QED) is 0.205. The molecule has 6 aromatic carbocycles. The van der Waals surface area contributed by atoms with E-state index in [4.69, 9.17) is 0 Å². The van der Waals surface area contributed by atoms with Crippen LogP contribution in [0.1, 0.15) is 77.1 Å². The summed E-state index contributed by atoms with van der Waals surface area (Å²) < 4.78 is 0. The summed E-state index contributed by atoms with van der Waals surface area (Å²) in [6.07, 6.45) is 0. The Balaban J connectivity index is 1.21. The Hall–Kier alpha value is -4.68. The molecule has 206 valence electrons. The summed E-state index contributed by atoms with van der Waals surface area (Å²) in [5.41, 5.74) is 19.6. The van der Waals surface area contributed by atoms with Crippen molar-refractivity contribution >= 4 is 0 Å². The van der Waals surface area contributed by atoms with Crippen LogP contribution in [0.3, 0.4) is 0 Å². The van der Waals surface area contributed by atoms with Gasteiger partial charge in [-0.2, -0.15) is 0 Å². The zero-order valence-electron chi connectivity index (χ0n) is 24.9. The van der Waals surface area contributed by atoms with E-state index < -0.39 is 0 Å². The molecule has 0 atom stereocenters. The van der Waals surface area contributed by atoms with Crippen LogP contribution in [-0.4, -0.2) is 0 Å². The van der Waals surface area contributed by atoms with Gasteiger partial charge in [0.05, 0.1) is 0 Å². The van der Waals surface area contributed by atoms with E-state index in [0.717, 1.165) is 0 Å².